The Hall–Kier alpha value is -2.21. The maximum atomic E-state index is 12.0. The number of hydrogen-bond donors (Lipinski definition) is 1. The SMILES string of the molecule is CN(C)C(=O)c1cc2c(cn1)-c1c(Br)ccc(C(N)=O)c1C2. The molecule has 0 saturated heterocycles. The summed E-state index contributed by atoms with van der Waals surface area (Å²) in [7, 11) is 3.38. The molecule has 1 heterocycles. The lowest BCUT2D eigenvalue weighted by Crippen LogP contribution is -2.22. The average molecular weight is 360 g/mol. The largest absolute Gasteiger partial charge is 0.366 e. The van der Waals surface area contributed by atoms with Crippen LogP contribution in [0.2, 0.25) is 0 Å². The van der Waals surface area contributed by atoms with Crippen molar-refractivity contribution in [2.24, 2.45) is 5.73 Å². The van der Waals surface area contributed by atoms with E-state index in [4.69, 9.17) is 5.73 Å². The third-order valence-corrected chi connectivity index (χ3v) is 4.44. The first-order valence-corrected chi connectivity index (χ1v) is 7.51. The number of fused-ring (bicyclic) bond motifs is 3. The van der Waals surface area contributed by atoms with Gasteiger partial charge in [-0.2, -0.15) is 0 Å². The molecule has 0 radical (unpaired) electrons. The summed E-state index contributed by atoms with van der Waals surface area (Å²) in [4.78, 5) is 29.4. The molecule has 0 aliphatic heterocycles. The molecule has 0 unspecified atom stereocenters. The van der Waals surface area contributed by atoms with Crippen molar-refractivity contribution in [3.63, 3.8) is 0 Å². The van der Waals surface area contributed by atoms with Crippen LogP contribution in [-0.2, 0) is 6.42 Å². The highest BCUT2D eigenvalue weighted by Crippen LogP contribution is 2.42. The molecule has 1 aromatic carbocycles. The van der Waals surface area contributed by atoms with E-state index in [0.29, 0.717) is 17.7 Å². The summed E-state index contributed by atoms with van der Waals surface area (Å²) in [5.74, 6) is -0.595. The number of primary amides is 1. The van der Waals surface area contributed by atoms with Crippen LogP contribution in [0.25, 0.3) is 11.1 Å². The van der Waals surface area contributed by atoms with Gasteiger partial charge in [0.25, 0.3) is 5.91 Å². The molecule has 0 atom stereocenters. The fourth-order valence-electron chi connectivity index (χ4n) is 2.73. The molecular formula is C16H14BrN3O2. The third kappa shape index (κ3) is 2.20. The number of pyridine rings is 1. The summed E-state index contributed by atoms with van der Waals surface area (Å²) >= 11 is 3.52. The van der Waals surface area contributed by atoms with Gasteiger partial charge < -0.3 is 10.6 Å². The Bertz CT molecular complexity index is 815. The normalized spacial score (nSPS) is 11.8. The Morgan fingerprint density at radius 3 is 2.68 bits per heavy atom. The lowest BCUT2D eigenvalue weighted by molar-refractivity contribution is 0.0821. The van der Waals surface area contributed by atoms with Gasteiger partial charge in [0.05, 0.1) is 0 Å². The first kappa shape index (κ1) is 14.7. The van der Waals surface area contributed by atoms with Crippen molar-refractivity contribution < 1.29 is 9.59 Å². The van der Waals surface area contributed by atoms with Crippen LogP contribution in [0.1, 0.15) is 32.0 Å². The number of aromatic nitrogens is 1. The Labute approximate surface area is 136 Å². The molecule has 6 heteroatoms. The Balaban J connectivity index is 2.15. The monoisotopic (exact) mass is 359 g/mol. The number of benzene rings is 1. The Kier molecular flexibility index (Phi) is 3.48. The fourth-order valence-corrected chi connectivity index (χ4v) is 3.31. The van der Waals surface area contributed by atoms with E-state index in [9.17, 15) is 9.59 Å². The average Bonchev–Trinajstić information content (AvgIpc) is 2.85. The van der Waals surface area contributed by atoms with Crippen molar-refractivity contribution in [2.45, 2.75) is 6.42 Å². The second kappa shape index (κ2) is 5.21. The molecule has 2 aromatic rings. The van der Waals surface area contributed by atoms with Crippen LogP contribution in [0, 0.1) is 0 Å². The third-order valence-electron chi connectivity index (χ3n) is 3.78. The van der Waals surface area contributed by atoms with Crippen LogP contribution < -0.4 is 5.73 Å². The number of carbonyl (C=O) groups excluding carboxylic acids is 2. The first-order valence-electron chi connectivity index (χ1n) is 6.72. The molecule has 1 aliphatic carbocycles. The van der Waals surface area contributed by atoms with Gasteiger partial charge in [0, 0.05) is 41.5 Å². The van der Waals surface area contributed by atoms with Crippen LogP contribution >= 0.6 is 15.9 Å². The zero-order valence-electron chi connectivity index (χ0n) is 12.2. The van der Waals surface area contributed by atoms with Gasteiger partial charge in [-0.15, -0.1) is 0 Å². The number of amides is 2. The summed E-state index contributed by atoms with van der Waals surface area (Å²) in [6, 6.07) is 5.32. The first-order chi connectivity index (χ1) is 10.4. The molecule has 1 aromatic heterocycles. The molecular weight excluding hydrogens is 346 g/mol. The van der Waals surface area contributed by atoms with E-state index in [-0.39, 0.29) is 5.91 Å². The van der Waals surface area contributed by atoms with E-state index >= 15 is 0 Å². The van der Waals surface area contributed by atoms with Gasteiger partial charge in [0.15, 0.2) is 0 Å². The van der Waals surface area contributed by atoms with Crippen LogP contribution in [0.5, 0.6) is 0 Å². The Morgan fingerprint density at radius 2 is 2.05 bits per heavy atom. The lowest BCUT2D eigenvalue weighted by atomic mass is 10.0. The van der Waals surface area contributed by atoms with Crippen LogP contribution in [0.15, 0.2) is 28.9 Å². The number of rotatable bonds is 2. The van der Waals surface area contributed by atoms with Crippen LogP contribution in [0.4, 0.5) is 0 Å². The zero-order chi connectivity index (χ0) is 16.0. The highest BCUT2D eigenvalue weighted by atomic mass is 79.9. The highest BCUT2D eigenvalue weighted by Gasteiger charge is 2.26. The molecule has 0 bridgehead atoms. The smallest absolute Gasteiger partial charge is 0.271 e. The number of nitrogens with two attached hydrogens (primary N) is 1. The molecule has 3 rings (SSSR count). The topological polar surface area (TPSA) is 76.3 Å². The fraction of sp³-hybridized carbons (Fsp3) is 0.188. The van der Waals surface area contributed by atoms with Gasteiger partial charge >= 0.3 is 0 Å². The van der Waals surface area contributed by atoms with E-state index in [1.165, 1.54) is 4.90 Å². The molecule has 2 amide bonds. The molecule has 0 saturated carbocycles. The molecule has 0 spiro atoms. The van der Waals surface area contributed by atoms with E-state index in [0.717, 1.165) is 26.7 Å². The molecule has 22 heavy (non-hydrogen) atoms. The van der Waals surface area contributed by atoms with Crippen LogP contribution in [-0.4, -0.2) is 35.8 Å². The quantitative estimate of drug-likeness (QED) is 0.761. The van der Waals surface area contributed by atoms with Gasteiger partial charge in [-0.05, 0) is 35.7 Å². The van der Waals surface area contributed by atoms with Gasteiger partial charge in [0.1, 0.15) is 5.69 Å². The summed E-state index contributed by atoms with van der Waals surface area (Å²) in [6.07, 6.45) is 2.26. The molecule has 112 valence electrons. The van der Waals surface area contributed by atoms with Gasteiger partial charge in [0.2, 0.25) is 5.91 Å². The van der Waals surface area contributed by atoms with Gasteiger partial charge in [-0.1, -0.05) is 15.9 Å². The highest BCUT2D eigenvalue weighted by molar-refractivity contribution is 9.10. The van der Waals surface area contributed by atoms with E-state index < -0.39 is 5.91 Å². The molecule has 1 aliphatic rings. The minimum Gasteiger partial charge on any atom is -0.366 e. The summed E-state index contributed by atoms with van der Waals surface area (Å²) in [5, 5.41) is 0. The van der Waals surface area contributed by atoms with E-state index in [1.54, 1.807) is 32.4 Å². The zero-order valence-corrected chi connectivity index (χ0v) is 13.8. The minimum atomic E-state index is -0.450. The molecule has 0 fully saturated rings. The van der Waals surface area contributed by atoms with Gasteiger partial charge in [-0.3, -0.25) is 14.6 Å². The second-order valence-electron chi connectivity index (χ2n) is 5.42. The number of nitrogens with zero attached hydrogens (tertiary/aromatic N) is 2. The van der Waals surface area contributed by atoms with Crippen molar-refractivity contribution in [1.29, 1.82) is 0 Å². The Morgan fingerprint density at radius 1 is 1.32 bits per heavy atom. The number of carbonyl (C=O) groups is 2. The molecule has 5 nitrogen and oxygen atoms in total. The number of hydrogen-bond acceptors (Lipinski definition) is 3. The van der Waals surface area contributed by atoms with Crippen molar-refractivity contribution in [2.75, 3.05) is 14.1 Å². The van der Waals surface area contributed by atoms with Crippen molar-refractivity contribution in [3.8, 4) is 11.1 Å². The van der Waals surface area contributed by atoms with Crippen molar-refractivity contribution in [3.05, 3.63) is 51.3 Å². The predicted molar refractivity (Wildman–Crippen MR) is 86.7 cm³/mol. The predicted octanol–water partition coefficient (Wildman–Crippen LogP) is 2.22. The maximum Gasteiger partial charge on any atom is 0.271 e. The standard InChI is InChI=1S/C16H14BrN3O2/c1-20(2)16(22)13-6-8-5-10-9(15(18)21)3-4-12(17)14(10)11(8)7-19-13/h3-4,6-7H,5H2,1-2H3,(H2,18,21). The summed E-state index contributed by atoms with van der Waals surface area (Å²) in [5.41, 5.74) is 10.1. The summed E-state index contributed by atoms with van der Waals surface area (Å²) in [6.45, 7) is 0. The maximum absolute atomic E-state index is 12.0. The van der Waals surface area contributed by atoms with Crippen LogP contribution in [0.3, 0.4) is 0 Å². The number of halogens is 1. The van der Waals surface area contributed by atoms with Gasteiger partial charge in [-0.25, -0.2) is 0 Å². The van der Waals surface area contributed by atoms with Crippen molar-refractivity contribution in [1.82, 2.24) is 9.88 Å². The molecule has 2 N–H and O–H groups in total. The van der Waals surface area contributed by atoms with Crippen molar-refractivity contribution >= 4 is 27.7 Å². The van der Waals surface area contributed by atoms with E-state index in [2.05, 4.69) is 20.9 Å². The second-order valence-corrected chi connectivity index (χ2v) is 6.27. The lowest BCUT2D eigenvalue weighted by Gasteiger charge is -2.10. The summed E-state index contributed by atoms with van der Waals surface area (Å²) < 4.78 is 0.889. The minimum absolute atomic E-state index is 0.145. The van der Waals surface area contributed by atoms with E-state index in [1.807, 2.05) is 6.07 Å².